The quantitative estimate of drug-likeness (QED) is 0.169. The zero-order valence-corrected chi connectivity index (χ0v) is 25.7. The van der Waals surface area contributed by atoms with Crippen LogP contribution in [0, 0.1) is 11.8 Å². The first-order valence-electron chi connectivity index (χ1n) is 14.0. The number of alkyl halides is 2. The van der Waals surface area contributed by atoms with Gasteiger partial charge in [0.05, 0.1) is 11.0 Å². The third-order valence-electron chi connectivity index (χ3n) is 7.73. The van der Waals surface area contributed by atoms with Crippen molar-refractivity contribution in [1.82, 2.24) is 14.3 Å². The summed E-state index contributed by atoms with van der Waals surface area (Å²) in [6, 6.07) is 6.74. The van der Waals surface area contributed by atoms with Crippen LogP contribution in [0.3, 0.4) is 0 Å². The molecule has 0 bridgehead atoms. The van der Waals surface area contributed by atoms with Gasteiger partial charge in [0.25, 0.3) is 0 Å². The summed E-state index contributed by atoms with van der Waals surface area (Å²) in [6.07, 6.45) is 2.98. The number of benzene rings is 1. The Morgan fingerprint density at radius 2 is 1.97 bits per heavy atom. The van der Waals surface area contributed by atoms with Crippen LogP contribution in [-0.2, 0) is 22.8 Å². The van der Waals surface area contributed by atoms with Crippen LogP contribution in [0.15, 0.2) is 18.2 Å². The molecule has 4 rings (SSSR count). The van der Waals surface area contributed by atoms with E-state index in [-0.39, 0.29) is 24.8 Å². The number of ether oxygens (including phenoxy) is 1. The minimum Gasteiger partial charge on any atom is -0.598 e. The van der Waals surface area contributed by atoms with Crippen LogP contribution in [0.25, 0.3) is 11.0 Å². The number of nitrogens with two attached hydrogens (primary N) is 1. The summed E-state index contributed by atoms with van der Waals surface area (Å²) in [5, 5.41) is 0. The van der Waals surface area contributed by atoms with Crippen molar-refractivity contribution < 1.29 is 18.1 Å². The molecule has 4 atom stereocenters. The molecule has 1 aromatic heterocycles. The minimum absolute atomic E-state index is 0.0120. The van der Waals surface area contributed by atoms with E-state index in [1.54, 1.807) is 0 Å². The molecule has 214 valence electrons. The van der Waals surface area contributed by atoms with Gasteiger partial charge >= 0.3 is 0 Å². The Hall–Kier alpha value is -1.04. The zero-order chi connectivity index (χ0) is 27.9. The van der Waals surface area contributed by atoms with E-state index >= 15 is 0 Å². The molecule has 0 radical (unpaired) electrons. The van der Waals surface area contributed by atoms with Gasteiger partial charge in [-0.3, -0.25) is 0 Å². The molecule has 3 N–H and O–H groups in total. The van der Waals surface area contributed by atoms with E-state index in [1.165, 1.54) is 0 Å². The van der Waals surface area contributed by atoms with E-state index < -0.39 is 36.1 Å². The highest BCUT2D eigenvalue weighted by Gasteiger charge is 2.42. The standard InChI is InChI=1S/C28H46F2N4O2SSi/c1-27(2,3)37(35)33-23(15-19-11-12-28(29,30)17-19)26-32-22-10-9-21(25(31)20-7-8-20)16-24(22)34(26)18-36-13-14-38(4,5)6/h9-10,16,19-20,23,25,33H,7-8,11-15,17-18,31H2,1-6H3/t19-,23+,25-,37?/m1/s1. The van der Waals surface area contributed by atoms with Crippen molar-refractivity contribution in [2.24, 2.45) is 17.6 Å². The largest absolute Gasteiger partial charge is 0.598 e. The normalized spacial score (nSPS) is 22.6. The van der Waals surface area contributed by atoms with Gasteiger partial charge in [-0.15, -0.1) is 4.72 Å². The van der Waals surface area contributed by atoms with Gasteiger partial charge in [0.15, 0.2) is 0 Å². The molecule has 1 aromatic carbocycles. The van der Waals surface area contributed by atoms with Crippen molar-refractivity contribution in [2.45, 2.75) is 114 Å². The second kappa shape index (κ2) is 11.4. The molecule has 2 aliphatic carbocycles. The number of aromatic nitrogens is 2. The van der Waals surface area contributed by atoms with Crippen LogP contribution in [0.1, 0.15) is 82.8 Å². The lowest BCUT2D eigenvalue weighted by Gasteiger charge is -2.29. The molecular formula is C28H46F2N4O2SSi. The highest BCUT2D eigenvalue weighted by atomic mass is 32.2. The Kier molecular flexibility index (Phi) is 9.01. The first-order valence-corrected chi connectivity index (χ1v) is 18.9. The molecule has 2 aliphatic rings. The minimum atomic E-state index is -2.63. The van der Waals surface area contributed by atoms with Crippen LogP contribution in [0.5, 0.6) is 0 Å². The summed E-state index contributed by atoms with van der Waals surface area (Å²) in [7, 11) is -1.27. The van der Waals surface area contributed by atoms with Gasteiger partial charge in [-0.1, -0.05) is 25.7 Å². The van der Waals surface area contributed by atoms with Gasteiger partial charge in [-0.05, 0) is 82.0 Å². The van der Waals surface area contributed by atoms with Crippen molar-refractivity contribution in [3.05, 3.63) is 29.6 Å². The Morgan fingerprint density at radius 3 is 2.55 bits per heavy atom. The maximum atomic E-state index is 14.1. The highest BCUT2D eigenvalue weighted by molar-refractivity contribution is 7.90. The number of nitrogens with one attached hydrogen (secondary N) is 1. The van der Waals surface area contributed by atoms with Crippen LogP contribution in [0.4, 0.5) is 8.78 Å². The summed E-state index contributed by atoms with van der Waals surface area (Å²) in [6.45, 7) is 13.6. The molecule has 38 heavy (non-hydrogen) atoms. The fraction of sp³-hybridized carbons (Fsp3) is 0.750. The summed E-state index contributed by atoms with van der Waals surface area (Å²) in [5.74, 6) is -1.59. The molecule has 10 heteroatoms. The van der Waals surface area contributed by atoms with E-state index in [2.05, 4.69) is 30.4 Å². The summed E-state index contributed by atoms with van der Waals surface area (Å²) < 4.78 is 52.5. The maximum absolute atomic E-state index is 14.1. The topological polar surface area (TPSA) is 88.2 Å². The fourth-order valence-corrected chi connectivity index (χ4v) is 6.69. The van der Waals surface area contributed by atoms with Gasteiger partial charge in [-0.25, -0.2) is 13.8 Å². The van der Waals surface area contributed by atoms with E-state index in [0.29, 0.717) is 37.9 Å². The molecule has 0 amide bonds. The van der Waals surface area contributed by atoms with Crippen molar-refractivity contribution in [3.63, 3.8) is 0 Å². The maximum Gasteiger partial charge on any atom is 0.248 e. The molecule has 2 aromatic rings. The smallest absolute Gasteiger partial charge is 0.248 e. The van der Waals surface area contributed by atoms with E-state index in [0.717, 1.165) is 35.5 Å². The highest BCUT2D eigenvalue weighted by Crippen LogP contribution is 2.43. The van der Waals surface area contributed by atoms with Gasteiger partial charge in [0.1, 0.15) is 23.3 Å². The predicted molar refractivity (Wildman–Crippen MR) is 154 cm³/mol. The number of imidazole rings is 1. The molecular weight excluding hydrogens is 522 g/mol. The number of nitrogens with zero attached hydrogens (tertiary/aromatic N) is 2. The molecule has 2 fully saturated rings. The molecule has 0 spiro atoms. The van der Waals surface area contributed by atoms with Crippen LogP contribution in [-0.4, -0.2) is 39.5 Å². The summed E-state index contributed by atoms with van der Waals surface area (Å²) >= 11 is -1.39. The number of rotatable bonds is 12. The third-order valence-corrected chi connectivity index (χ3v) is 11.0. The SMILES string of the molecule is CC(C)(C)[S+]([O-])N[C@@H](C[C@H]1CCC(F)(F)C1)c1nc2ccc([C@H](N)C3CC3)cc2n1COCC[Si](C)(C)C. The Labute approximate surface area is 230 Å². The summed E-state index contributed by atoms with van der Waals surface area (Å²) in [4.78, 5) is 4.98. The third kappa shape index (κ3) is 7.78. The van der Waals surface area contributed by atoms with Crippen LogP contribution >= 0.6 is 0 Å². The zero-order valence-electron chi connectivity index (χ0n) is 23.9. The second-order valence-corrected chi connectivity index (χ2v) is 21.2. The molecule has 0 aliphatic heterocycles. The number of fused-ring (bicyclic) bond motifs is 1. The number of hydrogen-bond acceptors (Lipinski definition) is 5. The lowest BCUT2D eigenvalue weighted by atomic mass is 9.98. The van der Waals surface area contributed by atoms with E-state index in [9.17, 15) is 13.3 Å². The van der Waals surface area contributed by atoms with E-state index in [4.69, 9.17) is 15.5 Å². The number of hydrogen-bond donors (Lipinski definition) is 2. The van der Waals surface area contributed by atoms with Crippen LogP contribution < -0.4 is 10.5 Å². The van der Waals surface area contributed by atoms with Crippen molar-refractivity contribution >= 4 is 30.5 Å². The Bertz CT molecular complexity index is 1100. The Balaban J connectivity index is 1.69. The average molecular weight is 569 g/mol. The lowest BCUT2D eigenvalue weighted by Crippen LogP contribution is -2.42. The van der Waals surface area contributed by atoms with Gasteiger partial charge < -0.3 is 19.6 Å². The van der Waals surface area contributed by atoms with Crippen LogP contribution in [0.2, 0.25) is 25.7 Å². The molecule has 6 nitrogen and oxygen atoms in total. The Morgan fingerprint density at radius 1 is 1.26 bits per heavy atom. The monoisotopic (exact) mass is 568 g/mol. The molecule has 0 saturated heterocycles. The molecule has 1 unspecified atom stereocenters. The fourth-order valence-electron chi connectivity index (χ4n) is 5.12. The molecule has 1 heterocycles. The lowest BCUT2D eigenvalue weighted by molar-refractivity contribution is 0.00429. The van der Waals surface area contributed by atoms with Crippen molar-refractivity contribution in [2.75, 3.05) is 6.61 Å². The van der Waals surface area contributed by atoms with Crippen molar-refractivity contribution in [3.8, 4) is 0 Å². The van der Waals surface area contributed by atoms with Crippen molar-refractivity contribution in [1.29, 1.82) is 0 Å². The second-order valence-electron chi connectivity index (χ2n) is 13.6. The first-order chi connectivity index (χ1) is 17.6. The van der Waals surface area contributed by atoms with E-state index in [1.807, 2.05) is 37.5 Å². The van der Waals surface area contributed by atoms with Gasteiger partial charge in [-0.2, -0.15) is 0 Å². The average Bonchev–Trinajstić information content (AvgIpc) is 3.51. The predicted octanol–water partition coefficient (Wildman–Crippen LogP) is 6.68. The summed E-state index contributed by atoms with van der Waals surface area (Å²) in [5.41, 5.74) is 9.36. The van der Waals surface area contributed by atoms with Gasteiger partial charge in [0.2, 0.25) is 5.92 Å². The van der Waals surface area contributed by atoms with Gasteiger partial charge in [0, 0.05) is 44.9 Å². The molecule has 2 saturated carbocycles. The number of halogens is 2. The first kappa shape index (κ1) is 29.9.